The average Bonchev–Trinajstić information content (AvgIpc) is 3.04. The molecule has 134 valence electrons. The lowest BCUT2D eigenvalue weighted by molar-refractivity contribution is 0.0113. The van der Waals surface area contributed by atoms with Gasteiger partial charge in [-0.3, -0.25) is 9.88 Å². The van der Waals surface area contributed by atoms with Gasteiger partial charge in [0.2, 0.25) is 0 Å². The average molecular weight is 346 g/mol. The number of aromatic nitrogens is 1. The summed E-state index contributed by atoms with van der Waals surface area (Å²) in [5.41, 5.74) is 0.501. The molecule has 1 aromatic carbocycles. The van der Waals surface area contributed by atoms with Gasteiger partial charge in [0.05, 0.1) is 25.5 Å². The summed E-state index contributed by atoms with van der Waals surface area (Å²) < 4.78 is 24.8. The predicted molar refractivity (Wildman–Crippen MR) is 91.8 cm³/mol. The molecule has 0 aliphatic carbocycles. The number of hydrogen-bond donors (Lipinski definition) is 1. The second kappa shape index (κ2) is 8.89. The van der Waals surface area contributed by atoms with Crippen LogP contribution >= 0.6 is 0 Å². The van der Waals surface area contributed by atoms with Crippen molar-refractivity contribution in [2.24, 2.45) is 0 Å². The Morgan fingerprint density at radius 1 is 1.28 bits per heavy atom. The molecule has 1 aliphatic heterocycles. The van der Waals surface area contributed by atoms with E-state index >= 15 is 0 Å². The van der Waals surface area contributed by atoms with Gasteiger partial charge in [0.1, 0.15) is 17.7 Å². The Bertz CT molecular complexity index is 656. The predicted octanol–water partition coefficient (Wildman–Crippen LogP) is 2.25. The van der Waals surface area contributed by atoms with Crippen LogP contribution in [0.2, 0.25) is 0 Å². The molecule has 0 saturated carbocycles. The van der Waals surface area contributed by atoms with Crippen molar-refractivity contribution in [1.29, 1.82) is 0 Å². The molecule has 5 nitrogen and oxygen atoms in total. The van der Waals surface area contributed by atoms with E-state index in [1.165, 1.54) is 6.07 Å². The minimum absolute atomic E-state index is 0.107. The number of benzene rings is 1. The zero-order valence-electron chi connectivity index (χ0n) is 14.1. The van der Waals surface area contributed by atoms with Crippen LogP contribution in [0.15, 0.2) is 48.8 Å². The zero-order valence-corrected chi connectivity index (χ0v) is 14.1. The summed E-state index contributed by atoms with van der Waals surface area (Å²) in [7, 11) is 0. The van der Waals surface area contributed by atoms with Gasteiger partial charge in [0, 0.05) is 31.4 Å². The Morgan fingerprint density at radius 3 is 2.96 bits per heavy atom. The fourth-order valence-corrected chi connectivity index (χ4v) is 2.94. The number of β-amino-alcohol motifs (C(OH)–C–C–N with tert-alkyl or cyclic N) is 1. The SMILES string of the molecule is OC(COCc1ccccc1F)CN1CCC(Oc2cccnc2)C1. The standard InChI is InChI=1S/C19H23FN2O3/c20-19-6-2-1-4-15(19)13-24-14-16(23)11-22-9-7-18(12-22)25-17-5-3-8-21-10-17/h1-6,8,10,16,18,23H,7,9,11-14H2. The van der Waals surface area contributed by atoms with Crippen LogP contribution in [0.3, 0.4) is 0 Å². The Hall–Kier alpha value is -2.02. The first-order valence-electron chi connectivity index (χ1n) is 8.49. The van der Waals surface area contributed by atoms with Gasteiger partial charge in [-0.15, -0.1) is 0 Å². The molecule has 0 spiro atoms. The molecule has 1 fully saturated rings. The van der Waals surface area contributed by atoms with Gasteiger partial charge in [-0.05, 0) is 24.6 Å². The van der Waals surface area contributed by atoms with E-state index in [-0.39, 0.29) is 25.1 Å². The molecule has 1 saturated heterocycles. The number of halogens is 1. The molecule has 2 atom stereocenters. The summed E-state index contributed by atoms with van der Waals surface area (Å²) in [6, 6.07) is 10.2. The molecule has 0 amide bonds. The molecule has 2 unspecified atom stereocenters. The van der Waals surface area contributed by atoms with E-state index in [0.29, 0.717) is 12.1 Å². The van der Waals surface area contributed by atoms with Crippen molar-refractivity contribution in [1.82, 2.24) is 9.88 Å². The van der Waals surface area contributed by atoms with Gasteiger partial charge in [-0.1, -0.05) is 18.2 Å². The van der Waals surface area contributed by atoms with Crippen LogP contribution in [0.25, 0.3) is 0 Å². The molecule has 1 N–H and O–H groups in total. The third-order valence-corrected chi connectivity index (χ3v) is 4.16. The molecular formula is C19H23FN2O3. The number of rotatable bonds is 8. The van der Waals surface area contributed by atoms with Gasteiger partial charge in [-0.25, -0.2) is 4.39 Å². The smallest absolute Gasteiger partial charge is 0.138 e. The lowest BCUT2D eigenvalue weighted by atomic mass is 10.2. The normalized spacial score (nSPS) is 19.0. The summed E-state index contributed by atoms with van der Waals surface area (Å²) in [5, 5.41) is 10.1. The second-order valence-electron chi connectivity index (χ2n) is 6.24. The summed E-state index contributed by atoms with van der Waals surface area (Å²) in [6.07, 6.45) is 3.83. The largest absolute Gasteiger partial charge is 0.487 e. The highest BCUT2D eigenvalue weighted by molar-refractivity contribution is 5.16. The van der Waals surface area contributed by atoms with E-state index in [0.717, 1.165) is 25.3 Å². The quantitative estimate of drug-likeness (QED) is 0.795. The highest BCUT2D eigenvalue weighted by Crippen LogP contribution is 2.17. The van der Waals surface area contributed by atoms with Crippen LogP contribution in [0, 0.1) is 5.82 Å². The fourth-order valence-electron chi connectivity index (χ4n) is 2.94. The Morgan fingerprint density at radius 2 is 2.16 bits per heavy atom. The van der Waals surface area contributed by atoms with Crippen molar-refractivity contribution in [3.05, 3.63) is 60.2 Å². The fraction of sp³-hybridized carbons (Fsp3) is 0.421. The van der Waals surface area contributed by atoms with Gasteiger partial charge < -0.3 is 14.6 Å². The number of pyridine rings is 1. The first-order valence-corrected chi connectivity index (χ1v) is 8.49. The minimum Gasteiger partial charge on any atom is -0.487 e. The molecule has 0 bridgehead atoms. The third kappa shape index (κ3) is 5.49. The monoisotopic (exact) mass is 346 g/mol. The van der Waals surface area contributed by atoms with Crippen molar-refractivity contribution in [3.8, 4) is 5.75 Å². The molecule has 1 aliphatic rings. The molecule has 0 radical (unpaired) electrons. The van der Waals surface area contributed by atoms with Gasteiger partial charge in [-0.2, -0.15) is 0 Å². The van der Waals surface area contributed by atoms with Crippen LogP contribution in [0.4, 0.5) is 4.39 Å². The number of hydrogen-bond acceptors (Lipinski definition) is 5. The Balaban J connectivity index is 1.36. The lowest BCUT2D eigenvalue weighted by Crippen LogP contribution is -2.34. The summed E-state index contributed by atoms with van der Waals surface area (Å²) in [5.74, 6) is 0.482. The minimum atomic E-state index is -0.607. The zero-order chi connectivity index (χ0) is 17.5. The van der Waals surface area contributed by atoms with Crippen LogP contribution in [-0.2, 0) is 11.3 Å². The second-order valence-corrected chi connectivity index (χ2v) is 6.24. The molecule has 25 heavy (non-hydrogen) atoms. The topological polar surface area (TPSA) is 54.8 Å². The van der Waals surface area contributed by atoms with E-state index in [1.807, 2.05) is 12.1 Å². The summed E-state index contributed by atoms with van der Waals surface area (Å²) >= 11 is 0. The van der Waals surface area contributed by atoms with Crippen LogP contribution in [0.1, 0.15) is 12.0 Å². The molecule has 2 heterocycles. The summed E-state index contributed by atoms with van der Waals surface area (Å²) in [6.45, 7) is 2.49. The number of likely N-dealkylation sites (tertiary alicyclic amines) is 1. The lowest BCUT2D eigenvalue weighted by Gasteiger charge is -2.20. The van der Waals surface area contributed by atoms with Crippen molar-refractivity contribution in [2.75, 3.05) is 26.2 Å². The first-order chi connectivity index (χ1) is 12.2. The molecule has 1 aromatic heterocycles. The van der Waals surface area contributed by atoms with E-state index in [2.05, 4.69) is 9.88 Å². The van der Waals surface area contributed by atoms with Crippen molar-refractivity contribution >= 4 is 0 Å². The first kappa shape index (κ1) is 17.8. The van der Waals surface area contributed by atoms with Crippen LogP contribution in [-0.4, -0.2) is 53.4 Å². The Kier molecular flexibility index (Phi) is 6.33. The highest BCUT2D eigenvalue weighted by atomic mass is 19.1. The van der Waals surface area contributed by atoms with Gasteiger partial charge in [0.25, 0.3) is 0 Å². The molecule has 3 rings (SSSR count). The maximum atomic E-state index is 13.5. The van der Waals surface area contributed by atoms with E-state index < -0.39 is 6.10 Å². The van der Waals surface area contributed by atoms with E-state index in [4.69, 9.17) is 9.47 Å². The number of aliphatic hydroxyl groups is 1. The maximum Gasteiger partial charge on any atom is 0.138 e. The Labute approximate surface area is 147 Å². The molecular weight excluding hydrogens is 323 g/mol. The van der Waals surface area contributed by atoms with Crippen LogP contribution in [0.5, 0.6) is 5.75 Å². The van der Waals surface area contributed by atoms with Crippen LogP contribution < -0.4 is 4.74 Å². The third-order valence-electron chi connectivity index (χ3n) is 4.16. The summed E-state index contributed by atoms with van der Waals surface area (Å²) in [4.78, 5) is 6.19. The number of aliphatic hydroxyl groups excluding tert-OH is 1. The van der Waals surface area contributed by atoms with Crippen molar-refractivity contribution in [3.63, 3.8) is 0 Å². The van der Waals surface area contributed by atoms with E-state index in [1.54, 1.807) is 30.6 Å². The maximum absolute atomic E-state index is 13.5. The van der Waals surface area contributed by atoms with Crippen molar-refractivity contribution in [2.45, 2.75) is 25.2 Å². The van der Waals surface area contributed by atoms with Gasteiger partial charge >= 0.3 is 0 Å². The van der Waals surface area contributed by atoms with E-state index in [9.17, 15) is 9.50 Å². The molecule has 2 aromatic rings. The highest BCUT2D eigenvalue weighted by Gasteiger charge is 2.25. The van der Waals surface area contributed by atoms with Crippen molar-refractivity contribution < 1.29 is 19.0 Å². The number of ether oxygens (including phenoxy) is 2. The van der Waals surface area contributed by atoms with Gasteiger partial charge in [0.15, 0.2) is 0 Å². The number of nitrogens with zero attached hydrogens (tertiary/aromatic N) is 2. The molecule has 6 heteroatoms.